The molecule has 0 unspecified atom stereocenters. The van der Waals surface area contributed by atoms with Crippen LogP contribution in [0.1, 0.15) is 30.1 Å². The van der Waals surface area contributed by atoms with Gasteiger partial charge in [0.25, 0.3) is 0 Å². The summed E-state index contributed by atoms with van der Waals surface area (Å²) < 4.78 is 13.2. The maximum Gasteiger partial charge on any atom is 0.166 e. The molecule has 1 aromatic rings. The van der Waals surface area contributed by atoms with Crippen LogP contribution in [0.5, 0.6) is 0 Å². The standard InChI is InChI=1S/C12H12ClFO/c1-8(2)3-6-12(15)10-7-9(13)4-5-11(10)14/h4-5,7H,1,3,6H2,2H3. The Kier molecular flexibility index (Phi) is 4.04. The molecule has 0 fully saturated rings. The van der Waals surface area contributed by atoms with Crippen molar-refractivity contribution in [3.63, 3.8) is 0 Å². The molecule has 0 saturated carbocycles. The van der Waals surface area contributed by atoms with Gasteiger partial charge in [0.1, 0.15) is 5.82 Å². The van der Waals surface area contributed by atoms with Gasteiger partial charge in [-0.25, -0.2) is 4.39 Å². The van der Waals surface area contributed by atoms with E-state index in [-0.39, 0.29) is 17.8 Å². The lowest BCUT2D eigenvalue weighted by Gasteiger charge is -2.03. The molecule has 0 heterocycles. The summed E-state index contributed by atoms with van der Waals surface area (Å²) in [5, 5.41) is 0.370. The molecule has 0 saturated heterocycles. The van der Waals surface area contributed by atoms with Crippen LogP contribution in [0.25, 0.3) is 0 Å². The Labute approximate surface area is 93.6 Å². The van der Waals surface area contributed by atoms with E-state index >= 15 is 0 Å². The summed E-state index contributed by atoms with van der Waals surface area (Å²) >= 11 is 5.69. The Morgan fingerprint density at radius 1 is 1.47 bits per heavy atom. The molecule has 0 amide bonds. The molecule has 0 radical (unpaired) electrons. The molecule has 0 aliphatic carbocycles. The Morgan fingerprint density at radius 3 is 2.73 bits per heavy atom. The first kappa shape index (κ1) is 11.9. The first-order valence-corrected chi connectivity index (χ1v) is 5.01. The van der Waals surface area contributed by atoms with Crippen molar-refractivity contribution in [3.05, 3.63) is 46.8 Å². The Bertz CT molecular complexity index is 399. The molecule has 15 heavy (non-hydrogen) atoms. The zero-order chi connectivity index (χ0) is 11.4. The fourth-order valence-electron chi connectivity index (χ4n) is 1.17. The van der Waals surface area contributed by atoms with E-state index in [4.69, 9.17) is 11.6 Å². The highest BCUT2D eigenvalue weighted by atomic mass is 35.5. The molecule has 0 spiro atoms. The molecule has 1 aromatic carbocycles. The maximum atomic E-state index is 13.2. The lowest BCUT2D eigenvalue weighted by atomic mass is 10.0. The predicted octanol–water partition coefficient (Wildman–Crippen LogP) is 4.02. The largest absolute Gasteiger partial charge is 0.294 e. The topological polar surface area (TPSA) is 17.1 Å². The number of allylic oxidation sites excluding steroid dienone is 1. The van der Waals surface area contributed by atoms with Crippen LogP contribution >= 0.6 is 11.6 Å². The zero-order valence-corrected chi connectivity index (χ0v) is 9.27. The third kappa shape index (κ3) is 3.48. The van der Waals surface area contributed by atoms with Gasteiger partial charge in [0.2, 0.25) is 0 Å². The molecule has 0 aromatic heterocycles. The van der Waals surface area contributed by atoms with Crippen molar-refractivity contribution in [2.75, 3.05) is 0 Å². The first-order valence-electron chi connectivity index (χ1n) is 4.63. The van der Waals surface area contributed by atoms with Gasteiger partial charge >= 0.3 is 0 Å². The number of halogens is 2. The monoisotopic (exact) mass is 226 g/mol. The lowest BCUT2D eigenvalue weighted by molar-refractivity contribution is 0.0979. The molecule has 0 bridgehead atoms. The Balaban J connectivity index is 2.81. The highest BCUT2D eigenvalue weighted by molar-refractivity contribution is 6.31. The molecule has 0 aliphatic heterocycles. The van der Waals surface area contributed by atoms with Crippen molar-refractivity contribution < 1.29 is 9.18 Å². The minimum absolute atomic E-state index is 0.0590. The van der Waals surface area contributed by atoms with Crippen LogP contribution in [0.3, 0.4) is 0 Å². The predicted molar refractivity (Wildman–Crippen MR) is 59.8 cm³/mol. The summed E-state index contributed by atoms with van der Waals surface area (Å²) in [5.74, 6) is -0.760. The van der Waals surface area contributed by atoms with E-state index in [9.17, 15) is 9.18 Å². The van der Waals surface area contributed by atoms with Crippen LogP contribution in [0.2, 0.25) is 5.02 Å². The van der Waals surface area contributed by atoms with E-state index < -0.39 is 5.82 Å². The van der Waals surface area contributed by atoms with Gasteiger partial charge in [0, 0.05) is 11.4 Å². The lowest BCUT2D eigenvalue weighted by Crippen LogP contribution is -2.02. The average molecular weight is 227 g/mol. The number of hydrogen-bond donors (Lipinski definition) is 0. The highest BCUT2D eigenvalue weighted by Crippen LogP contribution is 2.17. The van der Waals surface area contributed by atoms with Crippen molar-refractivity contribution in [2.45, 2.75) is 19.8 Å². The van der Waals surface area contributed by atoms with Crippen LogP contribution in [-0.4, -0.2) is 5.78 Å². The van der Waals surface area contributed by atoms with Gasteiger partial charge in [-0.15, -0.1) is 6.58 Å². The number of carbonyl (C=O) groups excluding carboxylic acids is 1. The van der Waals surface area contributed by atoms with E-state index in [1.165, 1.54) is 18.2 Å². The average Bonchev–Trinajstić information content (AvgIpc) is 2.18. The number of rotatable bonds is 4. The van der Waals surface area contributed by atoms with E-state index in [0.717, 1.165) is 5.57 Å². The van der Waals surface area contributed by atoms with Gasteiger partial charge < -0.3 is 0 Å². The van der Waals surface area contributed by atoms with E-state index in [2.05, 4.69) is 6.58 Å². The van der Waals surface area contributed by atoms with Crippen LogP contribution in [0, 0.1) is 5.82 Å². The third-order valence-corrected chi connectivity index (χ3v) is 2.24. The molecule has 80 valence electrons. The van der Waals surface area contributed by atoms with Gasteiger partial charge in [-0.2, -0.15) is 0 Å². The second kappa shape index (κ2) is 5.08. The summed E-state index contributed by atoms with van der Waals surface area (Å²) in [5.41, 5.74) is 0.967. The maximum absolute atomic E-state index is 13.2. The Morgan fingerprint density at radius 2 is 2.13 bits per heavy atom. The molecular weight excluding hydrogens is 215 g/mol. The highest BCUT2D eigenvalue weighted by Gasteiger charge is 2.11. The van der Waals surface area contributed by atoms with Crippen molar-refractivity contribution in [2.24, 2.45) is 0 Å². The molecule has 1 nitrogen and oxygen atoms in total. The third-order valence-electron chi connectivity index (χ3n) is 2.01. The van der Waals surface area contributed by atoms with Crippen molar-refractivity contribution in [1.29, 1.82) is 0 Å². The zero-order valence-electron chi connectivity index (χ0n) is 8.52. The number of ketones is 1. The second-order valence-electron chi connectivity index (χ2n) is 3.50. The van der Waals surface area contributed by atoms with Gasteiger partial charge in [-0.3, -0.25) is 4.79 Å². The summed E-state index contributed by atoms with van der Waals surface area (Å²) in [6.45, 7) is 5.52. The van der Waals surface area contributed by atoms with Crippen LogP contribution < -0.4 is 0 Å². The van der Waals surface area contributed by atoms with Crippen molar-refractivity contribution >= 4 is 17.4 Å². The molecule has 1 rings (SSSR count). The number of Topliss-reactive ketones (excluding diaryl/α,β-unsaturated/α-hetero) is 1. The van der Waals surface area contributed by atoms with Crippen LogP contribution in [0.4, 0.5) is 4.39 Å². The number of hydrogen-bond acceptors (Lipinski definition) is 1. The minimum Gasteiger partial charge on any atom is -0.294 e. The van der Waals surface area contributed by atoms with E-state index in [1.54, 1.807) is 0 Å². The van der Waals surface area contributed by atoms with Gasteiger partial charge in [-0.1, -0.05) is 17.2 Å². The normalized spacial score (nSPS) is 10.1. The molecule has 3 heteroatoms. The Hall–Kier alpha value is -1.15. The van der Waals surface area contributed by atoms with Gasteiger partial charge in [0.05, 0.1) is 5.56 Å². The van der Waals surface area contributed by atoms with Gasteiger partial charge in [-0.05, 0) is 31.5 Å². The molecule has 0 atom stereocenters. The molecule has 0 N–H and O–H groups in total. The summed E-state index contributed by atoms with van der Waals surface area (Å²) in [7, 11) is 0. The second-order valence-corrected chi connectivity index (χ2v) is 3.94. The smallest absolute Gasteiger partial charge is 0.166 e. The minimum atomic E-state index is -0.522. The quantitative estimate of drug-likeness (QED) is 0.560. The summed E-state index contributed by atoms with van der Waals surface area (Å²) in [6.07, 6.45) is 0.845. The van der Waals surface area contributed by atoms with Crippen LogP contribution in [0.15, 0.2) is 30.4 Å². The SMILES string of the molecule is C=C(C)CCC(=O)c1cc(Cl)ccc1F. The van der Waals surface area contributed by atoms with E-state index in [1.807, 2.05) is 6.92 Å². The van der Waals surface area contributed by atoms with Gasteiger partial charge in [0.15, 0.2) is 5.78 Å². The summed E-state index contributed by atoms with van der Waals surface area (Å²) in [6, 6.07) is 3.99. The van der Waals surface area contributed by atoms with Crippen LogP contribution in [-0.2, 0) is 0 Å². The first-order chi connectivity index (χ1) is 7.00. The van der Waals surface area contributed by atoms with E-state index in [0.29, 0.717) is 11.4 Å². The van der Waals surface area contributed by atoms with Crippen molar-refractivity contribution in [3.8, 4) is 0 Å². The molecular formula is C12H12ClFO. The number of benzene rings is 1. The fraction of sp³-hybridized carbons (Fsp3) is 0.250. The van der Waals surface area contributed by atoms with Crippen molar-refractivity contribution in [1.82, 2.24) is 0 Å². The summed E-state index contributed by atoms with van der Waals surface area (Å²) in [4.78, 5) is 11.6. The number of carbonyl (C=O) groups is 1. The molecule has 0 aliphatic rings. The fourth-order valence-corrected chi connectivity index (χ4v) is 1.34.